The third-order valence-electron chi connectivity index (χ3n) is 4.96. The van der Waals surface area contributed by atoms with Crippen molar-refractivity contribution >= 4 is 23.2 Å². The minimum atomic E-state index is -0.313. The van der Waals surface area contributed by atoms with Crippen LogP contribution in [0.5, 0.6) is 0 Å². The molecule has 28 heavy (non-hydrogen) atoms. The summed E-state index contributed by atoms with van der Waals surface area (Å²) in [5, 5.41) is 5.96. The van der Waals surface area contributed by atoms with Gasteiger partial charge in [-0.2, -0.15) is 0 Å². The number of nitrogens with one attached hydrogen (secondary N) is 1. The van der Waals surface area contributed by atoms with Gasteiger partial charge in [0.1, 0.15) is 5.82 Å². The monoisotopic (exact) mass is 403 g/mol. The van der Waals surface area contributed by atoms with Crippen molar-refractivity contribution < 1.29 is 14.0 Å². The van der Waals surface area contributed by atoms with Crippen molar-refractivity contribution in [3.05, 3.63) is 51.7 Å². The van der Waals surface area contributed by atoms with E-state index in [4.69, 9.17) is 4.98 Å². The number of aromatic nitrogens is 1. The van der Waals surface area contributed by atoms with Crippen LogP contribution in [-0.2, 0) is 22.4 Å². The fraction of sp³-hybridized carbons (Fsp3) is 0.476. The van der Waals surface area contributed by atoms with E-state index in [-0.39, 0.29) is 30.0 Å². The van der Waals surface area contributed by atoms with Gasteiger partial charge in [0.05, 0.1) is 17.1 Å². The maximum absolute atomic E-state index is 13.3. The summed E-state index contributed by atoms with van der Waals surface area (Å²) in [6.07, 6.45) is 3.40. The molecule has 1 unspecified atom stereocenters. The number of amides is 2. The third kappa shape index (κ3) is 5.61. The van der Waals surface area contributed by atoms with Crippen molar-refractivity contribution in [1.29, 1.82) is 0 Å². The average Bonchev–Trinajstić information content (AvgIpc) is 3.17. The van der Waals surface area contributed by atoms with Crippen molar-refractivity contribution in [2.45, 2.75) is 44.9 Å². The van der Waals surface area contributed by atoms with Crippen LogP contribution in [0.4, 0.5) is 4.39 Å². The molecule has 2 amide bonds. The number of piperidine rings is 1. The molecule has 0 bridgehead atoms. The Hall–Kier alpha value is -2.28. The molecule has 0 spiro atoms. The van der Waals surface area contributed by atoms with Gasteiger partial charge in [0, 0.05) is 43.8 Å². The highest BCUT2D eigenvalue weighted by Crippen LogP contribution is 2.29. The van der Waals surface area contributed by atoms with Crippen LogP contribution in [0, 0.1) is 5.82 Å². The fourth-order valence-corrected chi connectivity index (χ4v) is 4.40. The van der Waals surface area contributed by atoms with Gasteiger partial charge in [-0.15, -0.1) is 11.3 Å². The summed E-state index contributed by atoms with van der Waals surface area (Å²) >= 11 is 1.63. The van der Waals surface area contributed by atoms with Crippen LogP contribution in [0.15, 0.2) is 29.6 Å². The normalized spacial score (nSPS) is 16.8. The molecule has 0 aliphatic carbocycles. The summed E-state index contributed by atoms with van der Waals surface area (Å²) in [5.41, 5.74) is 1.69. The van der Waals surface area contributed by atoms with Crippen LogP contribution in [0.25, 0.3) is 0 Å². The van der Waals surface area contributed by atoms with Gasteiger partial charge in [-0.1, -0.05) is 19.1 Å². The van der Waals surface area contributed by atoms with E-state index in [1.807, 2.05) is 17.2 Å². The topological polar surface area (TPSA) is 62.3 Å². The van der Waals surface area contributed by atoms with Gasteiger partial charge in [0.25, 0.3) is 0 Å². The molecule has 1 aromatic carbocycles. The van der Waals surface area contributed by atoms with Crippen molar-refractivity contribution in [3.63, 3.8) is 0 Å². The number of hydrogen-bond donors (Lipinski definition) is 1. The minimum absolute atomic E-state index is 0.0364. The highest BCUT2D eigenvalue weighted by Gasteiger charge is 2.26. The summed E-state index contributed by atoms with van der Waals surface area (Å²) in [6.45, 7) is 3.83. The number of carbonyl (C=O) groups is 2. The molecule has 1 atom stereocenters. The number of thiazole rings is 1. The Bertz CT molecular complexity index is 823. The van der Waals surface area contributed by atoms with E-state index in [1.54, 1.807) is 23.5 Å². The number of benzene rings is 1. The quantitative estimate of drug-likeness (QED) is 0.772. The molecule has 1 N–H and O–H groups in total. The second kappa shape index (κ2) is 9.78. The van der Waals surface area contributed by atoms with Gasteiger partial charge in [0.2, 0.25) is 11.8 Å². The molecule has 2 heterocycles. The maximum atomic E-state index is 13.3. The third-order valence-corrected chi connectivity index (χ3v) is 6.02. The summed E-state index contributed by atoms with van der Waals surface area (Å²) in [6, 6.07) is 6.23. The Morgan fingerprint density at radius 2 is 2.25 bits per heavy atom. The Morgan fingerprint density at radius 3 is 3.04 bits per heavy atom. The van der Waals surface area contributed by atoms with E-state index in [9.17, 15) is 14.0 Å². The standard InChI is InChI=1S/C21H26FN3O2S/c1-2-19(26)23-9-8-18-14-28-21(24-18)16-6-4-10-25(13-16)20(27)12-15-5-3-7-17(22)11-15/h3,5,7,11,14,16H,2,4,6,8-10,12-13H2,1H3,(H,23,26). The predicted molar refractivity (Wildman–Crippen MR) is 108 cm³/mol. The molecular formula is C21H26FN3O2S. The van der Waals surface area contributed by atoms with E-state index >= 15 is 0 Å². The van der Waals surface area contributed by atoms with Crippen molar-refractivity contribution in [3.8, 4) is 0 Å². The molecule has 1 aromatic heterocycles. The zero-order chi connectivity index (χ0) is 19.9. The van der Waals surface area contributed by atoms with E-state index in [0.29, 0.717) is 25.1 Å². The molecule has 1 fully saturated rings. The van der Waals surface area contributed by atoms with Crippen LogP contribution in [0.2, 0.25) is 0 Å². The first kappa shape index (κ1) is 20.5. The summed E-state index contributed by atoms with van der Waals surface area (Å²) in [4.78, 5) is 30.6. The number of hydrogen-bond acceptors (Lipinski definition) is 4. The van der Waals surface area contributed by atoms with Crippen molar-refractivity contribution in [2.24, 2.45) is 0 Å². The van der Waals surface area contributed by atoms with Crippen LogP contribution in [-0.4, -0.2) is 41.3 Å². The van der Waals surface area contributed by atoms with Gasteiger partial charge in [0.15, 0.2) is 0 Å². The van der Waals surface area contributed by atoms with E-state index in [0.717, 1.165) is 36.5 Å². The van der Waals surface area contributed by atoms with Gasteiger partial charge >= 0.3 is 0 Å². The Morgan fingerprint density at radius 1 is 1.39 bits per heavy atom. The second-order valence-electron chi connectivity index (χ2n) is 7.12. The lowest BCUT2D eigenvalue weighted by atomic mass is 9.98. The molecule has 0 saturated carbocycles. The Kier molecular flexibility index (Phi) is 7.14. The van der Waals surface area contributed by atoms with E-state index in [1.165, 1.54) is 12.1 Å². The first-order chi connectivity index (χ1) is 13.5. The SMILES string of the molecule is CCC(=O)NCCc1csc(C2CCCN(C(=O)Cc3cccc(F)c3)C2)n1. The van der Waals surface area contributed by atoms with Crippen LogP contribution in [0.3, 0.4) is 0 Å². The van der Waals surface area contributed by atoms with Gasteiger partial charge in [-0.05, 0) is 30.5 Å². The highest BCUT2D eigenvalue weighted by molar-refractivity contribution is 7.09. The number of carbonyl (C=O) groups excluding carboxylic acids is 2. The summed E-state index contributed by atoms with van der Waals surface area (Å²) < 4.78 is 13.3. The molecule has 5 nitrogen and oxygen atoms in total. The predicted octanol–water partition coefficient (Wildman–Crippen LogP) is 3.30. The molecule has 1 aliphatic rings. The number of nitrogens with zero attached hydrogens (tertiary/aromatic N) is 2. The lowest BCUT2D eigenvalue weighted by Gasteiger charge is -2.32. The van der Waals surface area contributed by atoms with Crippen LogP contribution >= 0.6 is 11.3 Å². The minimum Gasteiger partial charge on any atom is -0.356 e. The zero-order valence-electron chi connectivity index (χ0n) is 16.1. The van der Waals surface area contributed by atoms with Crippen LogP contribution < -0.4 is 5.32 Å². The van der Waals surface area contributed by atoms with Crippen molar-refractivity contribution in [2.75, 3.05) is 19.6 Å². The summed E-state index contributed by atoms with van der Waals surface area (Å²) in [7, 11) is 0. The largest absolute Gasteiger partial charge is 0.356 e. The molecule has 0 radical (unpaired) electrons. The first-order valence-corrected chi connectivity index (χ1v) is 10.7. The molecule has 3 rings (SSSR count). The molecule has 7 heteroatoms. The average molecular weight is 404 g/mol. The number of halogens is 1. The zero-order valence-corrected chi connectivity index (χ0v) is 16.9. The van der Waals surface area contributed by atoms with Crippen molar-refractivity contribution in [1.82, 2.24) is 15.2 Å². The first-order valence-electron chi connectivity index (χ1n) is 9.78. The molecule has 150 valence electrons. The maximum Gasteiger partial charge on any atom is 0.227 e. The Labute approximate surface area is 169 Å². The molecule has 2 aromatic rings. The molecule has 1 aliphatic heterocycles. The molecular weight excluding hydrogens is 377 g/mol. The van der Waals surface area contributed by atoms with Gasteiger partial charge in [-0.25, -0.2) is 9.37 Å². The van der Waals surface area contributed by atoms with Gasteiger partial charge < -0.3 is 10.2 Å². The summed E-state index contributed by atoms with van der Waals surface area (Å²) in [5.74, 6) is 0.0194. The fourth-order valence-electron chi connectivity index (χ4n) is 3.42. The number of likely N-dealkylation sites (tertiary alicyclic amines) is 1. The van der Waals surface area contributed by atoms with E-state index in [2.05, 4.69) is 5.32 Å². The number of rotatable bonds is 7. The highest BCUT2D eigenvalue weighted by atomic mass is 32.1. The lowest BCUT2D eigenvalue weighted by molar-refractivity contribution is -0.131. The Balaban J connectivity index is 1.54. The lowest BCUT2D eigenvalue weighted by Crippen LogP contribution is -2.40. The van der Waals surface area contributed by atoms with Gasteiger partial charge in [-0.3, -0.25) is 9.59 Å². The molecule has 1 saturated heterocycles. The second-order valence-corrected chi connectivity index (χ2v) is 8.01. The van der Waals surface area contributed by atoms with Crippen LogP contribution in [0.1, 0.15) is 48.4 Å². The smallest absolute Gasteiger partial charge is 0.227 e. The van der Waals surface area contributed by atoms with E-state index < -0.39 is 0 Å².